The third-order valence-corrected chi connectivity index (χ3v) is 3.85. The van der Waals surface area contributed by atoms with Crippen LogP contribution in [-0.2, 0) is 6.42 Å². The van der Waals surface area contributed by atoms with Crippen LogP contribution in [0.2, 0.25) is 0 Å². The minimum Gasteiger partial charge on any atom is -0.391 e. The van der Waals surface area contributed by atoms with Crippen molar-refractivity contribution in [2.24, 2.45) is 5.92 Å². The predicted molar refractivity (Wildman–Crippen MR) is 77.5 cm³/mol. The van der Waals surface area contributed by atoms with Gasteiger partial charge < -0.3 is 10.0 Å². The van der Waals surface area contributed by atoms with Crippen molar-refractivity contribution in [2.45, 2.75) is 58.6 Å². The van der Waals surface area contributed by atoms with E-state index in [1.165, 1.54) is 0 Å². The van der Waals surface area contributed by atoms with Gasteiger partial charge >= 0.3 is 0 Å². The number of H-pyrrole nitrogens is 1. The Morgan fingerprint density at radius 1 is 1.50 bits per heavy atom. The second-order valence-corrected chi connectivity index (χ2v) is 6.18. The first kappa shape index (κ1) is 15.0. The summed E-state index contributed by atoms with van der Waals surface area (Å²) >= 11 is 0. The number of likely N-dealkylation sites (tertiary alicyclic amines) is 1. The second kappa shape index (κ2) is 6.39. The molecule has 0 saturated carbocycles. The lowest BCUT2D eigenvalue weighted by molar-refractivity contribution is 0.0276. The Bertz CT molecular complexity index is 454. The molecule has 0 unspecified atom stereocenters. The van der Waals surface area contributed by atoms with Gasteiger partial charge in [-0.3, -0.25) is 9.89 Å². The van der Waals surface area contributed by atoms with Gasteiger partial charge in [0.15, 0.2) is 0 Å². The Morgan fingerprint density at radius 2 is 2.25 bits per heavy atom. The van der Waals surface area contributed by atoms with Crippen molar-refractivity contribution < 1.29 is 9.90 Å². The number of hydrogen-bond acceptors (Lipinski definition) is 3. The molecule has 5 nitrogen and oxygen atoms in total. The number of amides is 1. The highest BCUT2D eigenvalue weighted by Crippen LogP contribution is 2.22. The lowest BCUT2D eigenvalue weighted by atomic mass is 9.97. The van der Waals surface area contributed by atoms with E-state index in [2.05, 4.69) is 24.0 Å². The van der Waals surface area contributed by atoms with E-state index in [1.807, 2.05) is 6.07 Å². The fourth-order valence-corrected chi connectivity index (χ4v) is 2.87. The minimum atomic E-state index is -0.492. The van der Waals surface area contributed by atoms with Crippen molar-refractivity contribution in [3.05, 3.63) is 17.5 Å². The molecule has 0 aromatic carbocycles. The predicted octanol–water partition coefficient (Wildman–Crippen LogP) is 1.98. The molecule has 2 N–H and O–H groups in total. The molecule has 112 valence electrons. The third kappa shape index (κ3) is 3.39. The standard InChI is InChI=1S/C15H25N3O2/c1-10(2)8-12-9-13(17-16-12)15(20)18-7-5-4-6-14(18)11(3)19/h9-11,14,19H,4-8H2,1-3H3,(H,16,17)/t11-,14-/m1/s1. The van der Waals surface area contributed by atoms with E-state index < -0.39 is 6.10 Å². The average Bonchev–Trinajstić information content (AvgIpc) is 2.85. The highest BCUT2D eigenvalue weighted by atomic mass is 16.3. The number of hydrogen-bond donors (Lipinski definition) is 2. The SMILES string of the molecule is CC(C)Cc1cc(C(=O)N2CCCC[C@@H]2[C@@H](C)O)n[nH]1. The number of nitrogens with one attached hydrogen (secondary N) is 1. The van der Waals surface area contributed by atoms with Crippen LogP contribution in [0.1, 0.15) is 56.2 Å². The molecule has 1 amide bonds. The maximum atomic E-state index is 12.5. The molecule has 2 heterocycles. The molecule has 2 atom stereocenters. The van der Waals surface area contributed by atoms with Crippen LogP contribution < -0.4 is 0 Å². The van der Waals surface area contributed by atoms with E-state index >= 15 is 0 Å². The molecule has 2 rings (SSSR count). The zero-order valence-corrected chi connectivity index (χ0v) is 12.6. The van der Waals surface area contributed by atoms with Gasteiger partial charge in [0.05, 0.1) is 12.1 Å². The van der Waals surface area contributed by atoms with Crippen molar-refractivity contribution in [3.63, 3.8) is 0 Å². The van der Waals surface area contributed by atoms with Gasteiger partial charge in [-0.15, -0.1) is 0 Å². The monoisotopic (exact) mass is 279 g/mol. The summed E-state index contributed by atoms with van der Waals surface area (Å²) in [6, 6.07) is 1.76. The first-order valence-corrected chi connectivity index (χ1v) is 7.52. The number of aromatic nitrogens is 2. The lowest BCUT2D eigenvalue weighted by Crippen LogP contribution is -2.49. The highest BCUT2D eigenvalue weighted by Gasteiger charge is 2.31. The summed E-state index contributed by atoms with van der Waals surface area (Å²) in [6.45, 7) is 6.73. The highest BCUT2D eigenvalue weighted by molar-refractivity contribution is 5.92. The van der Waals surface area contributed by atoms with Crippen LogP contribution >= 0.6 is 0 Å². The molecule has 1 aliphatic heterocycles. The van der Waals surface area contributed by atoms with E-state index in [4.69, 9.17) is 0 Å². The number of aromatic amines is 1. The fourth-order valence-electron chi connectivity index (χ4n) is 2.87. The van der Waals surface area contributed by atoms with Crippen LogP contribution in [0.4, 0.5) is 0 Å². The maximum absolute atomic E-state index is 12.5. The Balaban J connectivity index is 2.10. The molecule has 1 fully saturated rings. The average molecular weight is 279 g/mol. The largest absolute Gasteiger partial charge is 0.391 e. The molecule has 5 heteroatoms. The molecule has 0 spiro atoms. The fraction of sp³-hybridized carbons (Fsp3) is 0.733. The van der Waals surface area contributed by atoms with Crippen molar-refractivity contribution in [1.82, 2.24) is 15.1 Å². The Kier molecular flexibility index (Phi) is 4.81. The summed E-state index contributed by atoms with van der Waals surface area (Å²) in [5.74, 6) is 0.459. The van der Waals surface area contributed by atoms with Gasteiger partial charge in [0.2, 0.25) is 0 Å². The van der Waals surface area contributed by atoms with Gasteiger partial charge in [-0.1, -0.05) is 13.8 Å². The first-order chi connectivity index (χ1) is 9.49. The summed E-state index contributed by atoms with van der Waals surface area (Å²) in [4.78, 5) is 14.3. The Morgan fingerprint density at radius 3 is 2.90 bits per heavy atom. The molecule has 0 bridgehead atoms. The Hall–Kier alpha value is -1.36. The van der Waals surface area contributed by atoms with Gasteiger partial charge in [0, 0.05) is 12.2 Å². The number of piperidine rings is 1. The topological polar surface area (TPSA) is 69.2 Å². The summed E-state index contributed by atoms with van der Waals surface area (Å²) in [6.07, 6.45) is 3.33. The van der Waals surface area contributed by atoms with Gasteiger partial charge in [0.1, 0.15) is 5.69 Å². The van der Waals surface area contributed by atoms with Crippen LogP contribution in [0.15, 0.2) is 6.07 Å². The van der Waals surface area contributed by atoms with Crippen LogP contribution in [0.3, 0.4) is 0 Å². The van der Waals surface area contributed by atoms with Gasteiger partial charge in [-0.25, -0.2) is 0 Å². The molecule has 1 aromatic rings. The number of nitrogens with zero attached hydrogens (tertiary/aromatic N) is 2. The van der Waals surface area contributed by atoms with Crippen molar-refractivity contribution in [2.75, 3.05) is 6.54 Å². The van der Waals surface area contributed by atoms with Crippen LogP contribution in [0, 0.1) is 5.92 Å². The zero-order chi connectivity index (χ0) is 14.7. The zero-order valence-electron chi connectivity index (χ0n) is 12.6. The van der Waals surface area contributed by atoms with Crippen molar-refractivity contribution in [3.8, 4) is 0 Å². The van der Waals surface area contributed by atoms with Crippen LogP contribution in [-0.4, -0.2) is 44.8 Å². The number of aliphatic hydroxyl groups is 1. The molecular formula is C15H25N3O2. The summed E-state index contributed by atoms with van der Waals surface area (Å²) in [5.41, 5.74) is 1.46. The summed E-state index contributed by atoms with van der Waals surface area (Å²) < 4.78 is 0. The molecule has 1 saturated heterocycles. The van der Waals surface area contributed by atoms with Crippen molar-refractivity contribution in [1.29, 1.82) is 0 Å². The summed E-state index contributed by atoms with van der Waals surface area (Å²) in [7, 11) is 0. The normalized spacial score (nSPS) is 21.2. The molecule has 20 heavy (non-hydrogen) atoms. The van der Waals surface area contributed by atoms with Gasteiger partial charge in [0.25, 0.3) is 5.91 Å². The van der Waals surface area contributed by atoms with E-state index in [0.29, 0.717) is 18.2 Å². The minimum absolute atomic E-state index is 0.0677. The molecule has 1 aliphatic rings. The van der Waals surface area contributed by atoms with Crippen molar-refractivity contribution >= 4 is 5.91 Å². The maximum Gasteiger partial charge on any atom is 0.274 e. The van der Waals surface area contributed by atoms with E-state index in [0.717, 1.165) is 31.4 Å². The van der Waals surface area contributed by atoms with Crippen LogP contribution in [0.25, 0.3) is 0 Å². The molecule has 0 aliphatic carbocycles. The van der Waals surface area contributed by atoms with Gasteiger partial charge in [-0.05, 0) is 44.6 Å². The van der Waals surface area contributed by atoms with E-state index in [9.17, 15) is 9.90 Å². The summed E-state index contributed by atoms with van der Waals surface area (Å²) in [5, 5.41) is 16.9. The lowest BCUT2D eigenvalue weighted by Gasteiger charge is -2.37. The number of rotatable bonds is 4. The number of carbonyl (C=O) groups is 1. The molecule has 0 radical (unpaired) electrons. The quantitative estimate of drug-likeness (QED) is 0.885. The number of aliphatic hydroxyl groups excluding tert-OH is 1. The van der Waals surface area contributed by atoms with E-state index in [-0.39, 0.29) is 11.9 Å². The van der Waals surface area contributed by atoms with Gasteiger partial charge in [-0.2, -0.15) is 5.10 Å². The second-order valence-electron chi connectivity index (χ2n) is 6.18. The van der Waals surface area contributed by atoms with Crippen LogP contribution in [0.5, 0.6) is 0 Å². The third-order valence-electron chi connectivity index (χ3n) is 3.85. The first-order valence-electron chi connectivity index (χ1n) is 7.52. The Labute approximate surface area is 120 Å². The molecular weight excluding hydrogens is 254 g/mol. The smallest absolute Gasteiger partial charge is 0.274 e. The number of carbonyl (C=O) groups excluding carboxylic acids is 1. The molecule has 1 aromatic heterocycles. The van der Waals surface area contributed by atoms with E-state index in [1.54, 1.807) is 11.8 Å².